The molecule has 0 saturated heterocycles. The van der Waals surface area contributed by atoms with E-state index >= 15 is 0 Å². The molecular formula is C19H19F2NO3. The van der Waals surface area contributed by atoms with E-state index in [1.54, 1.807) is 19.1 Å². The smallest absolute Gasteiger partial charge is 0.312 e. The number of hydrogen-bond donors (Lipinski definition) is 2. The Morgan fingerprint density at radius 1 is 1.08 bits per heavy atom. The summed E-state index contributed by atoms with van der Waals surface area (Å²) in [6.45, 7) is 1.58. The number of carboxylic acids is 1. The molecule has 0 aromatic heterocycles. The molecule has 2 rings (SSSR count). The van der Waals surface area contributed by atoms with Crippen LogP contribution in [0.3, 0.4) is 0 Å². The van der Waals surface area contributed by atoms with Gasteiger partial charge in [-0.05, 0) is 41.8 Å². The Balaban J connectivity index is 1.96. The molecule has 2 aromatic rings. The molecule has 2 aromatic carbocycles. The van der Waals surface area contributed by atoms with Crippen LogP contribution in [-0.4, -0.2) is 23.5 Å². The maximum Gasteiger partial charge on any atom is 0.312 e. The van der Waals surface area contributed by atoms with Crippen LogP contribution in [0.2, 0.25) is 0 Å². The second-order valence-electron chi connectivity index (χ2n) is 5.92. The van der Waals surface area contributed by atoms with Gasteiger partial charge >= 0.3 is 5.97 Å². The highest BCUT2D eigenvalue weighted by Crippen LogP contribution is 2.17. The largest absolute Gasteiger partial charge is 0.481 e. The van der Waals surface area contributed by atoms with Crippen molar-refractivity contribution in [3.8, 4) is 0 Å². The summed E-state index contributed by atoms with van der Waals surface area (Å²) in [4.78, 5) is 23.6. The van der Waals surface area contributed by atoms with E-state index in [0.29, 0.717) is 17.5 Å². The molecule has 6 heteroatoms. The van der Waals surface area contributed by atoms with Gasteiger partial charge in [-0.2, -0.15) is 0 Å². The van der Waals surface area contributed by atoms with Crippen LogP contribution >= 0.6 is 0 Å². The molecule has 0 saturated carbocycles. The fourth-order valence-electron chi connectivity index (χ4n) is 2.53. The van der Waals surface area contributed by atoms with Crippen LogP contribution in [0, 0.1) is 17.6 Å². The van der Waals surface area contributed by atoms with Gasteiger partial charge in [-0.15, -0.1) is 0 Å². The summed E-state index contributed by atoms with van der Waals surface area (Å²) in [7, 11) is 0. The van der Waals surface area contributed by atoms with Gasteiger partial charge in [0.25, 0.3) is 0 Å². The van der Waals surface area contributed by atoms with Gasteiger partial charge in [-0.1, -0.05) is 31.2 Å². The summed E-state index contributed by atoms with van der Waals surface area (Å²) < 4.78 is 26.1. The van der Waals surface area contributed by atoms with Crippen molar-refractivity contribution in [2.75, 3.05) is 6.54 Å². The van der Waals surface area contributed by atoms with Crippen LogP contribution in [0.15, 0.2) is 48.5 Å². The van der Waals surface area contributed by atoms with Crippen LogP contribution in [0.25, 0.3) is 0 Å². The SMILES string of the molecule is CC(Cc1cccc(F)c1)C(=O)NCC(C(=O)O)c1ccc(F)cc1. The molecule has 0 aliphatic carbocycles. The molecule has 0 heterocycles. The number of halogens is 2. The molecule has 0 radical (unpaired) electrons. The lowest BCUT2D eigenvalue weighted by Crippen LogP contribution is -2.35. The van der Waals surface area contributed by atoms with Crippen molar-refractivity contribution in [2.24, 2.45) is 5.92 Å². The summed E-state index contributed by atoms with van der Waals surface area (Å²) >= 11 is 0. The predicted molar refractivity (Wildman–Crippen MR) is 89.1 cm³/mol. The number of carbonyl (C=O) groups excluding carboxylic acids is 1. The Labute approximate surface area is 144 Å². The third kappa shape index (κ3) is 5.38. The minimum absolute atomic E-state index is 0.104. The third-order valence-corrected chi connectivity index (χ3v) is 3.93. The average Bonchev–Trinajstić information content (AvgIpc) is 2.56. The molecule has 0 aliphatic heterocycles. The van der Waals surface area contributed by atoms with Gasteiger partial charge < -0.3 is 10.4 Å². The first kappa shape index (κ1) is 18.6. The fourth-order valence-corrected chi connectivity index (χ4v) is 2.53. The van der Waals surface area contributed by atoms with E-state index in [1.807, 2.05) is 0 Å². The Morgan fingerprint density at radius 2 is 1.76 bits per heavy atom. The van der Waals surface area contributed by atoms with Gasteiger partial charge in [0, 0.05) is 12.5 Å². The van der Waals surface area contributed by atoms with Gasteiger partial charge in [0.1, 0.15) is 11.6 Å². The second-order valence-corrected chi connectivity index (χ2v) is 5.92. The van der Waals surface area contributed by atoms with Crippen molar-refractivity contribution in [3.05, 3.63) is 71.3 Å². The Morgan fingerprint density at radius 3 is 2.36 bits per heavy atom. The molecule has 0 spiro atoms. The number of rotatable bonds is 7. The number of carboxylic acid groups (broad SMARTS) is 1. The van der Waals surface area contributed by atoms with E-state index in [9.17, 15) is 23.5 Å². The first-order valence-electron chi connectivity index (χ1n) is 7.87. The number of aliphatic carboxylic acids is 1. The zero-order valence-electron chi connectivity index (χ0n) is 13.7. The molecule has 25 heavy (non-hydrogen) atoms. The summed E-state index contributed by atoms with van der Waals surface area (Å²) in [5.74, 6) is -3.66. The van der Waals surface area contributed by atoms with Crippen LogP contribution in [0.5, 0.6) is 0 Å². The van der Waals surface area contributed by atoms with E-state index in [4.69, 9.17) is 0 Å². The Hall–Kier alpha value is -2.76. The first-order chi connectivity index (χ1) is 11.9. The van der Waals surface area contributed by atoms with E-state index in [0.717, 1.165) is 0 Å². The number of nitrogens with one attached hydrogen (secondary N) is 1. The number of amides is 1. The number of carbonyl (C=O) groups is 2. The Bertz CT molecular complexity index is 747. The molecular weight excluding hydrogens is 328 g/mol. The normalized spacial score (nSPS) is 13.1. The fraction of sp³-hybridized carbons (Fsp3) is 0.263. The zero-order valence-corrected chi connectivity index (χ0v) is 13.7. The maximum atomic E-state index is 13.2. The summed E-state index contributed by atoms with van der Waals surface area (Å²) in [5, 5.41) is 11.9. The number of hydrogen-bond acceptors (Lipinski definition) is 2. The van der Waals surface area contributed by atoms with Crippen LogP contribution in [0.1, 0.15) is 24.0 Å². The molecule has 0 fully saturated rings. The molecule has 0 bridgehead atoms. The molecule has 1 amide bonds. The molecule has 0 aliphatic rings. The number of benzene rings is 2. The molecule has 132 valence electrons. The van der Waals surface area contributed by atoms with E-state index in [1.165, 1.54) is 36.4 Å². The van der Waals surface area contributed by atoms with Crippen molar-refractivity contribution < 1.29 is 23.5 Å². The molecule has 2 N–H and O–H groups in total. The summed E-state index contributed by atoms with van der Waals surface area (Å²) in [5.41, 5.74) is 1.10. The van der Waals surface area contributed by atoms with Gasteiger partial charge in [-0.3, -0.25) is 9.59 Å². The highest BCUT2D eigenvalue weighted by atomic mass is 19.1. The van der Waals surface area contributed by atoms with E-state index in [-0.39, 0.29) is 18.3 Å². The highest BCUT2D eigenvalue weighted by molar-refractivity contribution is 5.81. The van der Waals surface area contributed by atoms with Crippen molar-refractivity contribution in [1.82, 2.24) is 5.32 Å². The van der Waals surface area contributed by atoms with Crippen molar-refractivity contribution >= 4 is 11.9 Å². The van der Waals surface area contributed by atoms with Crippen molar-refractivity contribution in [1.29, 1.82) is 0 Å². The monoisotopic (exact) mass is 347 g/mol. The lowest BCUT2D eigenvalue weighted by molar-refractivity contribution is -0.138. The average molecular weight is 347 g/mol. The third-order valence-electron chi connectivity index (χ3n) is 3.93. The van der Waals surface area contributed by atoms with Gasteiger partial charge in [0.2, 0.25) is 5.91 Å². The van der Waals surface area contributed by atoms with E-state index in [2.05, 4.69) is 5.32 Å². The first-order valence-corrected chi connectivity index (χ1v) is 7.87. The second kappa shape index (κ2) is 8.37. The summed E-state index contributed by atoms with van der Waals surface area (Å²) in [6, 6.07) is 11.1. The van der Waals surface area contributed by atoms with Crippen LogP contribution in [0.4, 0.5) is 8.78 Å². The minimum atomic E-state index is -1.11. The molecule has 4 nitrogen and oxygen atoms in total. The standard InChI is InChI=1S/C19H19F2NO3/c1-12(9-13-3-2-4-16(21)10-13)18(23)22-11-17(19(24)25)14-5-7-15(20)8-6-14/h2-8,10,12,17H,9,11H2,1H3,(H,22,23)(H,24,25). The summed E-state index contributed by atoms with van der Waals surface area (Å²) in [6.07, 6.45) is 0.345. The Kier molecular flexibility index (Phi) is 6.22. The minimum Gasteiger partial charge on any atom is -0.481 e. The zero-order chi connectivity index (χ0) is 18.4. The van der Waals surface area contributed by atoms with Crippen LogP contribution in [-0.2, 0) is 16.0 Å². The van der Waals surface area contributed by atoms with Crippen LogP contribution < -0.4 is 5.32 Å². The maximum absolute atomic E-state index is 13.2. The van der Waals surface area contributed by atoms with Gasteiger partial charge in [0.05, 0.1) is 5.92 Å². The van der Waals surface area contributed by atoms with Gasteiger partial charge in [0.15, 0.2) is 0 Å². The lowest BCUT2D eigenvalue weighted by atomic mass is 9.97. The van der Waals surface area contributed by atoms with E-state index < -0.39 is 23.6 Å². The molecule has 2 unspecified atom stereocenters. The lowest BCUT2D eigenvalue weighted by Gasteiger charge is -2.17. The topological polar surface area (TPSA) is 66.4 Å². The van der Waals surface area contributed by atoms with Crippen molar-refractivity contribution in [2.45, 2.75) is 19.3 Å². The predicted octanol–water partition coefficient (Wildman–Crippen LogP) is 3.13. The molecule has 2 atom stereocenters. The quantitative estimate of drug-likeness (QED) is 0.809. The van der Waals surface area contributed by atoms with Gasteiger partial charge in [-0.25, -0.2) is 8.78 Å². The highest BCUT2D eigenvalue weighted by Gasteiger charge is 2.22. The van der Waals surface area contributed by atoms with Crippen molar-refractivity contribution in [3.63, 3.8) is 0 Å².